The van der Waals surface area contributed by atoms with Crippen molar-refractivity contribution in [2.45, 2.75) is 65.2 Å². The molecule has 0 heterocycles. The van der Waals surface area contributed by atoms with Crippen molar-refractivity contribution in [3.05, 3.63) is 151 Å². The van der Waals surface area contributed by atoms with Crippen molar-refractivity contribution in [1.82, 2.24) is 0 Å². The molecule has 0 radical (unpaired) electrons. The van der Waals surface area contributed by atoms with Crippen molar-refractivity contribution >= 4 is 16.4 Å². The summed E-state index contributed by atoms with van der Waals surface area (Å²) >= 11 is 0. The maximum Gasteiger partial charge on any atom is 0.647 e. The predicted molar refractivity (Wildman–Crippen MR) is 203 cm³/mol. The number of hydrogen-bond acceptors (Lipinski definition) is 7. The number of phosphoric ester groups is 1. The Bertz CT molecular complexity index is 1570. The topological polar surface area (TPSA) is 72.5 Å². The Hall–Kier alpha value is -4.28. The highest BCUT2D eigenvalue weighted by molar-refractivity contribution is 7.49. The van der Waals surface area contributed by atoms with Crippen LogP contribution in [-0.4, -0.2) is 6.61 Å². The smallest absolute Gasteiger partial charge is 0.418 e. The molecule has 0 fully saturated rings. The molecule has 0 amide bonds. The fourth-order valence-electron chi connectivity index (χ4n) is 4.67. The number of rotatable bonds is 19. The first-order valence-corrected chi connectivity index (χ1v) is 19.8. The standard InChI is InChI=1S/C21H21O4P.C20H27O3P/c1-17(2)20-15-9-10-16-21(20)25-26(22,23-18-11-5-3-6-12-18)24-19-13-7-4-8-14-19;1-2-3-4-5-6-13-18-21-24(22-19-14-9-7-10-15-19)23-20-16-11-8-12-17-20/h3-17H,1-2H3;7-12,14-17H,2-6,13,18H2,1H3. The molecule has 0 saturated heterocycles. The van der Waals surface area contributed by atoms with Gasteiger partial charge in [-0.2, -0.15) is 4.57 Å². The van der Waals surface area contributed by atoms with Gasteiger partial charge in [0.15, 0.2) is 0 Å². The average Bonchev–Trinajstić information content (AvgIpc) is 3.13. The van der Waals surface area contributed by atoms with E-state index in [1.165, 1.54) is 32.1 Å². The summed E-state index contributed by atoms with van der Waals surface area (Å²) in [5.74, 6) is 3.04. The van der Waals surface area contributed by atoms with E-state index in [-0.39, 0.29) is 5.92 Å². The Labute approximate surface area is 299 Å². The molecule has 7 nitrogen and oxygen atoms in total. The van der Waals surface area contributed by atoms with Gasteiger partial charge in [-0.05, 0) is 72.5 Å². The molecule has 0 N–H and O–H groups in total. The maximum absolute atomic E-state index is 13.4. The van der Waals surface area contributed by atoms with Gasteiger partial charge >= 0.3 is 16.4 Å². The second kappa shape index (κ2) is 21.7. The van der Waals surface area contributed by atoms with Crippen molar-refractivity contribution in [1.29, 1.82) is 0 Å². The average molecular weight is 715 g/mol. The van der Waals surface area contributed by atoms with Crippen LogP contribution in [0.3, 0.4) is 0 Å². The molecule has 5 aromatic rings. The van der Waals surface area contributed by atoms with E-state index in [0.717, 1.165) is 23.5 Å². The minimum atomic E-state index is -3.95. The minimum absolute atomic E-state index is 0.202. The van der Waals surface area contributed by atoms with Crippen LogP contribution in [0, 0.1) is 0 Å². The van der Waals surface area contributed by atoms with Crippen LogP contribution in [0.15, 0.2) is 146 Å². The summed E-state index contributed by atoms with van der Waals surface area (Å²) in [6.07, 6.45) is 7.42. The van der Waals surface area contributed by atoms with Crippen LogP contribution in [0.5, 0.6) is 28.7 Å². The van der Waals surface area contributed by atoms with Gasteiger partial charge < -0.3 is 22.6 Å². The molecule has 0 unspecified atom stereocenters. The molecule has 5 aromatic carbocycles. The Morgan fingerprint density at radius 3 is 1.42 bits per heavy atom. The van der Waals surface area contributed by atoms with Gasteiger partial charge in [0.05, 0.1) is 6.61 Å². The third-order valence-electron chi connectivity index (χ3n) is 7.21. The quantitative estimate of drug-likeness (QED) is 0.0623. The van der Waals surface area contributed by atoms with Gasteiger partial charge in [-0.25, -0.2) is 0 Å². The zero-order valence-corrected chi connectivity index (χ0v) is 30.9. The SMILES string of the molecule is CC(C)c1ccccc1OP(=O)(Oc1ccccc1)Oc1ccccc1.CCCCCCCCOP(Oc1ccccc1)Oc1ccccc1. The van der Waals surface area contributed by atoms with E-state index in [1.807, 2.05) is 105 Å². The lowest BCUT2D eigenvalue weighted by Crippen LogP contribution is -2.09. The van der Waals surface area contributed by atoms with Gasteiger partial charge in [-0.15, -0.1) is 0 Å². The third-order valence-corrected chi connectivity index (χ3v) is 9.62. The van der Waals surface area contributed by atoms with Gasteiger partial charge in [0, 0.05) is 0 Å². The van der Waals surface area contributed by atoms with Crippen LogP contribution in [0.25, 0.3) is 0 Å². The second-order valence-electron chi connectivity index (χ2n) is 11.7. The van der Waals surface area contributed by atoms with Gasteiger partial charge in [0.1, 0.15) is 28.7 Å². The molecular weight excluding hydrogens is 666 g/mol. The zero-order valence-electron chi connectivity index (χ0n) is 29.1. The molecule has 9 heteroatoms. The fraction of sp³-hybridized carbons (Fsp3) is 0.268. The van der Waals surface area contributed by atoms with Crippen molar-refractivity contribution in [2.75, 3.05) is 6.61 Å². The summed E-state index contributed by atoms with van der Waals surface area (Å²) in [6.45, 7) is 6.99. The molecular formula is C41H48O7P2. The lowest BCUT2D eigenvalue weighted by Gasteiger charge is -2.21. The summed E-state index contributed by atoms with van der Waals surface area (Å²) in [4.78, 5) is 0. The Morgan fingerprint density at radius 2 is 0.940 bits per heavy atom. The first kappa shape index (κ1) is 38.5. The fourth-order valence-corrected chi connectivity index (χ4v) is 6.95. The maximum atomic E-state index is 13.4. The molecule has 0 saturated carbocycles. The number of para-hydroxylation sites is 5. The molecule has 0 aromatic heterocycles. The van der Waals surface area contributed by atoms with Gasteiger partial charge in [0.2, 0.25) is 0 Å². The molecule has 0 aliphatic rings. The number of phosphoric acid groups is 1. The first-order valence-electron chi connectivity index (χ1n) is 17.2. The molecule has 5 rings (SSSR count). The van der Waals surface area contributed by atoms with Crippen molar-refractivity contribution < 1.29 is 31.7 Å². The zero-order chi connectivity index (χ0) is 35.3. The van der Waals surface area contributed by atoms with E-state index < -0.39 is 16.4 Å². The highest BCUT2D eigenvalue weighted by Crippen LogP contribution is 2.51. The van der Waals surface area contributed by atoms with E-state index in [2.05, 4.69) is 6.92 Å². The second-order valence-corrected chi connectivity index (χ2v) is 14.2. The molecule has 0 atom stereocenters. The number of hydrogen-bond donors (Lipinski definition) is 0. The summed E-state index contributed by atoms with van der Waals surface area (Å²) < 4.78 is 48.2. The number of unbranched alkanes of at least 4 members (excludes halogenated alkanes) is 5. The summed E-state index contributed by atoms with van der Waals surface area (Å²) in [6, 6.07) is 44.5. The van der Waals surface area contributed by atoms with Crippen molar-refractivity contribution in [3.8, 4) is 28.7 Å². The van der Waals surface area contributed by atoms with Crippen LogP contribution in [0.2, 0.25) is 0 Å². The molecule has 264 valence electrons. The van der Waals surface area contributed by atoms with E-state index in [4.69, 9.17) is 27.1 Å². The normalized spacial score (nSPS) is 11.0. The van der Waals surface area contributed by atoms with E-state index >= 15 is 0 Å². The first-order chi connectivity index (χ1) is 24.4. The van der Waals surface area contributed by atoms with Gasteiger partial charge in [-0.1, -0.05) is 144 Å². The Morgan fingerprint density at radius 1 is 0.520 bits per heavy atom. The van der Waals surface area contributed by atoms with Gasteiger partial charge in [0.25, 0.3) is 0 Å². The van der Waals surface area contributed by atoms with Crippen LogP contribution >= 0.6 is 16.4 Å². The lowest BCUT2D eigenvalue weighted by atomic mass is 10.0. The molecule has 0 spiro atoms. The monoisotopic (exact) mass is 714 g/mol. The van der Waals surface area contributed by atoms with Crippen LogP contribution < -0.4 is 22.6 Å². The van der Waals surface area contributed by atoms with E-state index in [0.29, 0.717) is 23.9 Å². The van der Waals surface area contributed by atoms with Crippen LogP contribution in [-0.2, 0) is 9.09 Å². The Kier molecular flexibility index (Phi) is 16.7. The van der Waals surface area contributed by atoms with Gasteiger partial charge in [-0.3, -0.25) is 4.52 Å². The third kappa shape index (κ3) is 14.3. The van der Waals surface area contributed by atoms with Crippen molar-refractivity contribution in [2.24, 2.45) is 0 Å². The minimum Gasteiger partial charge on any atom is -0.418 e. The molecule has 50 heavy (non-hydrogen) atoms. The van der Waals surface area contributed by atoms with E-state index in [9.17, 15) is 4.57 Å². The van der Waals surface area contributed by atoms with Crippen LogP contribution in [0.1, 0.15) is 70.8 Å². The highest BCUT2D eigenvalue weighted by Gasteiger charge is 2.34. The highest BCUT2D eigenvalue weighted by atomic mass is 31.2. The van der Waals surface area contributed by atoms with E-state index in [1.54, 1.807) is 54.6 Å². The summed E-state index contributed by atoms with van der Waals surface area (Å²) in [5, 5.41) is 0. The van der Waals surface area contributed by atoms with Crippen molar-refractivity contribution in [3.63, 3.8) is 0 Å². The molecule has 0 aliphatic carbocycles. The predicted octanol–water partition coefficient (Wildman–Crippen LogP) is 13.2. The summed E-state index contributed by atoms with van der Waals surface area (Å²) in [5.41, 5.74) is 0.932. The molecule has 0 bridgehead atoms. The summed E-state index contributed by atoms with van der Waals surface area (Å²) in [7, 11) is -5.39. The van der Waals surface area contributed by atoms with Crippen LogP contribution in [0.4, 0.5) is 0 Å². The molecule has 0 aliphatic heterocycles. The Balaban J connectivity index is 0.000000226. The number of benzene rings is 5. The lowest BCUT2D eigenvalue weighted by molar-refractivity contribution is 0.258. The largest absolute Gasteiger partial charge is 0.647 e.